The van der Waals surface area contributed by atoms with Crippen molar-refractivity contribution >= 4 is 23.0 Å². The largest absolute Gasteiger partial charge is 0.497 e. The molecule has 4 aromatic rings. The number of rotatable bonds is 6. The molecule has 1 aliphatic rings. The molecule has 0 bridgehead atoms. The van der Waals surface area contributed by atoms with Crippen molar-refractivity contribution in [2.45, 2.75) is 19.0 Å². The van der Waals surface area contributed by atoms with Crippen molar-refractivity contribution in [2.24, 2.45) is 5.10 Å². The summed E-state index contributed by atoms with van der Waals surface area (Å²) in [4.78, 5) is 26.1. The third kappa shape index (κ3) is 3.76. The molecule has 4 heterocycles. The Labute approximate surface area is 186 Å². The minimum atomic E-state index is -0.699. The molecule has 0 N–H and O–H groups in total. The van der Waals surface area contributed by atoms with Crippen LogP contribution in [0.4, 0.5) is 0 Å². The van der Waals surface area contributed by atoms with Crippen LogP contribution in [-0.4, -0.2) is 33.5 Å². The number of benzene rings is 1. The van der Waals surface area contributed by atoms with Gasteiger partial charge in [-0.3, -0.25) is 4.79 Å². The summed E-state index contributed by atoms with van der Waals surface area (Å²) in [5.74, 6) is 0.425. The maximum atomic E-state index is 13.2. The molecule has 1 amide bonds. The maximum Gasteiger partial charge on any atom is 0.437 e. The van der Waals surface area contributed by atoms with E-state index in [4.69, 9.17) is 13.6 Å². The zero-order valence-corrected chi connectivity index (χ0v) is 17.8. The number of thiophene rings is 1. The van der Waals surface area contributed by atoms with E-state index in [1.54, 1.807) is 31.6 Å². The standard InChI is InChI=1S/C22H18N4O5S/c1-29-15-8-6-14(7-9-15)16-12-17(18-4-2-10-30-18)26(23-16)20(27)13-25-22(28)31-21(24-25)19-5-3-11-32-19/h2-11,17H,12-13H2,1H3/t17-/m1/s1. The summed E-state index contributed by atoms with van der Waals surface area (Å²) in [6, 6.07) is 14.2. The van der Waals surface area contributed by atoms with Crippen molar-refractivity contribution in [3.8, 4) is 16.5 Å². The molecular formula is C22H18N4O5S. The number of ether oxygens (including phenoxy) is 1. The molecule has 162 valence electrons. The first-order chi connectivity index (χ1) is 15.6. The van der Waals surface area contributed by atoms with Crippen LogP contribution in [0.2, 0.25) is 0 Å². The van der Waals surface area contributed by atoms with Crippen molar-refractivity contribution in [3.05, 3.63) is 82.0 Å². The minimum absolute atomic E-state index is 0.184. The number of hydrogen-bond acceptors (Lipinski definition) is 8. The summed E-state index contributed by atoms with van der Waals surface area (Å²) < 4.78 is 17.0. The number of methoxy groups -OCH3 is 1. The van der Waals surface area contributed by atoms with Crippen LogP contribution in [0.15, 0.2) is 78.9 Å². The lowest BCUT2D eigenvalue weighted by molar-refractivity contribution is -0.134. The Bertz CT molecular complexity index is 1300. The molecule has 0 unspecified atom stereocenters. The Balaban J connectivity index is 1.43. The average molecular weight is 450 g/mol. The maximum absolute atomic E-state index is 13.2. The van der Waals surface area contributed by atoms with Gasteiger partial charge in [-0.05, 0) is 53.4 Å². The predicted molar refractivity (Wildman–Crippen MR) is 117 cm³/mol. The van der Waals surface area contributed by atoms with Crippen LogP contribution in [0.25, 0.3) is 10.8 Å². The van der Waals surface area contributed by atoms with E-state index in [9.17, 15) is 9.59 Å². The Morgan fingerprint density at radius 3 is 2.75 bits per heavy atom. The summed E-state index contributed by atoms with van der Waals surface area (Å²) >= 11 is 1.39. The van der Waals surface area contributed by atoms with E-state index in [0.29, 0.717) is 17.1 Å². The van der Waals surface area contributed by atoms with E-state index in [-0.39, 0.29) is 12.4 Å². The van der Waals surface area contributed by atoms with E-state index >= 15 is 0 Å². The summed E-state index contributed by atoms with van der Waals surface area (Å²) in [5, 5.41) is 11.9. The van der Waals surface area contributed by atoms with Crippen LogP contribution in [-0.2, 0) is 11.3 Å². The fourth-order valence-electron chi connectivity index (χ4n) is 3.51. The molecular weight excluding hydrogens is 432 g/mol. The summed E-state index contributed by atoms with van der Waals surface area (Å²) in [6.45, 7) is -0.301. The van der Waals surface area contributed by atoms with Crippen LogP contribution in [0.3, 0.4) is 0 Å². The molecule has 0 fully saturated rings. The molecule has 5 rings (SSSR count). The quantitative estimate of drug-likeness (QED) is 0.445. The van der Waals surface area contributed by atoms with Crippen molar-refractivity contribution in [3.63, 3.8) is 0 Å². The van der Waals surface area contributed by atoms with Gasteiger partial charge in [0.25, 0.3) is 11.8 Å². The number of amides is 1. The van der Waals surface area contributed by atoms with Crippen molar-refractivity contribution in [1.82, 2.24) is 14.8 Å². The van der Waals surface area contributed by atoms with Gasteiger partial charge >= 0.3 is 5.76 Å². The highest BCUT2D eigenvalue weighted by molar-refractivity contribution is 7.13. The van der Waals surface area contributed by atoms with Gasteiger partial charge in [0.15, 0.2) is 0 Å². The van der Waals surface area contributed by atoms with Crippen LogP contribution in [0.1, 0.15) is 23.8 Å². The molecule has 3 aromatic heterocycles. The number of hydrazone groups is 1. The smallest absolute Gasteiger partial charge is 0.437 e. The zero-order valence-electron chi connectivity index (χ0n) is 17.0. The minimum Gasteiger partial charge on any atom is -0.497 e. The van der Waals surface area contributed by atoms with E-state index < -0.39 is 17.7 Å². The molecule has 0 saturated heterocycles. The Kier molecular flexibility index (Phi) is 5.20. The first kappa shape index (κ1) is 20.0. The number of carbonyl (C=O) groups excluding carboxylic acids is 1. The number of carbonyl (C=O) groups is 1. The van der Waals surface area contributed by atoms with Crippen LogP contribution >= 0.6 is 11.3 Å². The first-order valence-electron chi connectivity index (χ1n) is 9.81. The molecule has 0 aliphatic carbocycles. The zero-order chi connectivity index (χ0) is 22.1. The third-order valence-corrected chi connectivity index (χ3v) is 5.94. The fourth-order valence-corrected chi connectivity index (χ4v) is 4.15. The number of aromatic nitrogens is 2. The lowest BCUT2D eigenvalue weighted by atomic mass is 10.0. The molecule has 0 saturated carbocycles. The van der Waals surface area contributed by atoms with E-state index in [0.717, 1.165) is 21.7 Å². The number of nitrogens with zero attached hydrogens (tertiary/aromatic N) is 4. The SMILES string of the molecule is COc1ccc(C2=NN(C(=O)Cn3nc(-c4cccs4)oc3=O)[C@@H](c3ccco3)C2)cc1. The van der Waals surface area contributed by atoms with Gasteiger partial charge in [-0.2, -0.15) is 9.78 Å². The summed E-state index contributed by atoms with van der Waals surface area (Å²) in [6.07, 6.45) is 2.03. The molecule has 9 nitrogen and oxygen atoms in total. The number of furan rings is 1. The molecule has 32 heavy (non-hydrogen) atoms. The second kappa shape index (κ2) is 8.31. The highest BCUT2D eigenvalue weighted by atomic mass is 32.1. The Hall–Kier alpha value is -3.92. The number of hydrogen-bond donors (Lipinski definition) is 0. The second-order valence-corrected chi connectivity index (χ2v) is 8.00. The predicted octanol–water partition coefficient (Wildman–Crippen LogP) is 3.54. The highest BCUT2D eigenvalue weighted by Gasteiger charge is 2.35. The first-order valence-corrected chi connectivity index (χ1v) is 10.7. The molecule has 10 heteroatoms. The van der Waals surface area contributed by atoms with Gasteiger partial charge in [0.2, 0.25) is 0 Å². The van der Waals surface area contributed by atoms with E-state index in [1.165, 1.54) is 16.3 Å². The Morgan fingerprint density at radius 2 is 2.06 bits per heavy atom. The normalized spacial score (nSPS) is 15.7. The Morgan fingerprint density at radius 1 is 1.22 bits per heavy atom. The van der Waals surface area contributed by atoms with Gasteiger partial charge in [0.05, 0.1) is 24.0 Å². The highest BCUT2D eigenvalue weighted by Crippen LogP contribution is 2.33. The van der Waals surface area contributed by atoms with Gasteiger partial charge in [0.1, 0.15) is 24.1 Å². The average Bonchev–Trinajstić information content (AvgIpc) is 3.60. The summed E-state index contributed by atoms with van der Waals surface area (Å²) in [5.41, 5.74) is 1.60. The van der Waals surface area contributed by atoms with Gasteiger partial charge in [-0.15, -0.1) is 16.4 Å². The fraction of sp³-hybridized carbons (Fsp3) is 0.182. The molecule has 1 atom stereocenters. The lowest BCUT2D eigenvalue weighted by Crippen LogP contribution is -2.33. The van der Waals surface area contributed by atoms with Gasteiger partial charge in [-0.25, -0.2) is 9.80 Å². The summed E-state index contributed by atoms with van der Waals surface area (Å²) in [7, 11) is 1.60. The van der Waals surface area contributed by atoms with Gasteiger partial charge in [-0.1, -0.05) is 6.07 Å². The van der Waals surface area contributed by atoms with E-state index in [2.05, 4.69) is 10.2 Å². The van der Waals surface area contributed by atoms with Gasteiger partial charge < -0.3 is 13.6 Å². The lowest BCUT2D eigenvalue weighted by Gasteiger charge is -2.19. The van der Waals surface area contributed by atoms with E-state index in [1.807, 2.05) is 35.7 Å². The van der Waals surface area contributed by atoms with Crippen LogP contribution < -0.4 is 10.5 Å². The van der Waals surface area contributed by atoms with Crippen molar-refractivity contribution < 1.29 is 18.4 Å². The van der Waals surface area contributed by atoms with Crippen LogP contribution in [0.5, 0.6) is 5.75 Å². The third-order valence-electron chi connectivity index (χ3n) is 5.08. The monoisotopic (exact) mass is 450 g/mol. The van der Waals surface area contributed by atoms with Crippen LogP contribution in [0, 0.1) is 0 Å². The van der Waals surface area contributed by atoms with Gasteiger partial charge in [0, 0.05) is 6.42 Å². The molecule has 0 radical (unpaired) electrons. The topological polar surface area (TPSA) is 103 Å². The molecule has 1 aromatic carbocycles. The van der Waals surface area contributed by atoms with Crippen molar-refractivity contribution in [2.75, 3.05) is 7.11 Å². The second-order valence-electron chi connectivity index (χ2n) is 7.06. The molecule has 0 spiro atoms. The molecule has 1 aliphatic heterocycles. The van der Waals surface area contributed by atoms with Crippen molar-refractivity contribution in [1.29, 1.82) is 0 Å².